The summed E-state index contributed by atoms with van der Waals surface area (Å²) in [5.74, 6) is -1.30. The van der Waals surface area contributed by atoms with Gasteiger partial charge >= 0.3 is 47.8 Å². The molecule has 2 saturated heterocycles. The third-order valence-corrected chi connectivity index (χ3v) is 21.5. The Bertz CT molecular complexity index is 3200. The molecule has 0 N–H and O–H groups in total. The second-order valence-electron chi connectivity index (χ2n) is 24.1. The monoisotopic (exact) mass is 1880 g/mol. The number of hydrogen-bond donors (Lipinski definition) is 0. The normalized spacial score (nSPS) is 13.6. The van der Waals surface area contributed by atoms with Gasteiger partial charge in [-0.2, -0.15) is 0 Å². The van der Waals surface area contributed by atoms with Crippen molar-refractivity contribution in [3.05, 3.63) is 206 Å². The summed E-state index contributed by atoms with van der Waals surface area (Å²) in [7, 11) is 3.29. The Morgan fingerprint density at radius 2 is 0.773 bits per heavy atom. The Hall–Kier alpha value is -2.30. The SMILES string of the molecule is C.C[N+](CCOC(=O)OCCl)(Cc1ccccc1Br)Cc1ccccc1Br.C[N+](CCOC(=O)OCOC(=O)CCC[N+]1(Cc2ccccc2Br)CCCCC1)(Cc1ccccc1Br)Cc1ccccc1Br.O=C([O-])CCC[N+]1(Cc2ccccc2Br)CCCCC1.[2H]CF.[Br-].[Br-].[Na+]. The first-order valence-corrected chi connectivity index (χ1v) is 36.6. The quantitative estimate of drug-likeness (QED) is 0.0112. The molecule has 6 aromatic rings. The molecule has 0 aromatic heterocycles. The van der Waals surface area contributed by atoms with E-state index < -0.39 is 32.2 Å². The summed E-state index contributed by atoms with van der Waals surface area (Å²) in [5, 5.41) is 10.6. The fourth-order valence-corrected chi connectivity index (χ4v) is 14.6. The van der Waals surface area contributed by atoms with Crippen LogP contribution in [0, 0.1) is 0 Å². The molecule has 97 heavy (non-hydrogen) atoms. The molecular weight excluding hydrogens is 1800 g/mol. The third kappa shape index (κ3) is 34.7. The third-order valence-electron chi connectivity index (χ3n) is 16.8. The van der Waals surface area contributed by atoms with E-state index in [1.807, 2.05) is 84.9 Å². The molecule has 2 fully saturated rings. The molecule has 25 heteroatoms. The molecular formula is C72H93Br8ClFN4NaO10+2. The van der Waals surface area contributed by atoms with Crippen molar-refractivity contribution in [1.82, 2.24) is 0 Å². The number of likely N-dealkylation sites (N-methyl/N-ethyl adjacent to an activating group) is 2. The van der Waals surface area contributed by atoms with E-state index in [0.29, 0.717) is 28.5 Å². The Morgan fingerprint density at radius 3 is 1.07 bits per heavy atom. The summed E-state index contributed by atoms with van der Waals surface area (Å²) in [4.78, 5) is 46.8. The van der Waals surface area contributed by atoms with Gasteiger partial charge < -0.3 is 85.5 Å². The number of hydrogen-bond acceptors (Lipinski definition) is 10. The van der Waals surface area contributed by atoms with Gasteiger partial charge in [0.1, 0.15) is 65.6 Å². The number of quaternary nitrogens is 4. The van der Waals surface area contributed by atoms with Gasteiger partial charge in [0.05, 0.1) is 68.3 Å². The van der Waals surface area contributed by atoms with Crippen molar-refractivity contribution in [3.63, 3.8) is 0 Å². The average molecular weight is 1890 g/mol. The van der Waals surface area contributed by atoms with Crippen molar-refractivity contribution < 1.29 is 135 Å². The van der Waals surface area contributed by atoms with E-state index in [4.69, 9.17) is 31.9 Å². The van der Waals surface area contributed by atoms with E-state index in [-0.39, 0.29) is 109 Å². The second-order valence-corrected chi connectivity index (χ2v) is 29.5. The topological polar surface area (TPSA) is 137 Å². The summed E-state index contributed by atoms with van der Waals surface area (Å²) in [6, 6.07) is 49.1. The summed E-state index contributed by atoms with van der Waals surface area (Å²) in [6.07, 6.45) is 7.78. The van der Waals surface area contributed by atoms with Gasteiger partial charge in [-0.3, -0.25) is 9.18 Å². The van der Waals surface area contributed by atoms with E-state index in [1.165, 1.54) is 71.9 Å². The number of likely N-dealkylation sites (tertiary alicyclic amines) is 2. The second kappa shape index (κ2) is 50.2. The Kier molecular flexibility index (Phi) is 46.9. The van der Waals surface area contributed by atoms with Crippen LogP contribution in [0.5, 0.6) is 0 Å². The molecule has 530 valence electrons. The van der Waals surface area contributed by atoms with Crippen LogP contribution in [0.2, 0.25) is 0 Å². The van der Waals surface area contributed by atoms with Crippen molar-refractivity contribution in [2.45, 2.75) is 111 Å². The van der Waals surface area contributed by atoms with E-state index in [9.17, 15) is 28.7 Å². The van der Waals surface area contributed by atoms with E-state index >= 15 is 0 Å². The van der Waals surface area contributed by atoms with Gasteiger partial charge in [0, 0.05) is 79.0 Å². The van der Waals surface area contributed by atoms with Crippen LogP contribution in [0.3, 0.4) is 0 Å². The molecule has 0 spiro atoms. The van der Waals surface area contributed by atoms with Gasteiger partial charge in [0.2, 0.25) is 6.79 Å². The summed E-state index contributed by atoms with van der Waals surface area (Å²) in [6.45, 7) is 12.6. The molecule has 8 rings (SSSR count). The number of alkyl halides is 2. The minimum Gasteiger partial charge on any atom is -1.00 e. The van der Waals surface area contributed by atoms with Gasteiger partial charge in [-0.15, -0.1) is 0 Å². The molecule has 2 heterocycles. The maximum absolute atomic E-state index is 12.5. The van der Waals surface area contributed by atoms with Crippen LogP contribution in [-0.4, -0.2) is 142 Å². The number of rotatable bonds is 29. The number of carbonyl (C=O) groups is 4. The summed E-state index contributed by atoms with van der Waals surface area (Å²) < 4.78 is 50.7. The van der Waals surface area contributed by atoms with Gasteiger partial charge in [-0.25, -0.2) is 9.59 Å². The van der Waals surface area contributed by atoms with Gasteiger partial charge in [0.15, 0.2) is 6.07 Å². The van der Waals surface area contributed by atoms with E-state index in [1.54, 1.807) is 0 Å². The van der Waals surface area contributed by atoms with Gasteiger partial charge in [0.25, 0.3) is 0 Å². The van der Waals surface area contributed by atoms with Crippen LogP contribution in [-0.2, 0) is 72.5 Å². The molecule has 0 amide bonds. The van der Waals surface area contributed by atoms with Crippen LogP contribution >= 0.6 is 107 Å². The minimum absolute atomic E-state index is 0. The van der Waals surface area contributed by atoms with Crippen LogP contribution in [0.25, 0.3) is 0 Å². The van der Waals surface area contributed by atoms with E-state index in [2.05, 4.69) is 175 Å². The zero-order valence-corrected chi connectivity index (χ0v) is 70.5. The van der Waals surface area contributed by atoms with Gasteiger partial charge in [-0.05, 0) is 81.3 Å². The largest absolute Gasteiger partial charge is 1.00 e. The van der Waals surface area contributed by atoms with Crippen molar-refractivity contribution in [1.29, 1.82) is 0 Å². The Morgan fingerprint density at radius 1 is 0.485 bits per heavy atom. The number of piperidine rings is 2. The first-order valence-electron chi connectivity index (χ1n) is 32.0. The zero-order valence-electron chi connectivity index (χ0n) is 56.0. The molecule has 2 aliphatic rings. The number of aliphatic carboxylic acids is 1. The van der Waals surface area contributed by atoms with Crippen LogP contribution < -0.4 is 68.6 Å². The zero-order chi connectivity index (χ0) is 68.2. The summed E-state index contributed by atoms with van der Waals surface area (Å²) >= 11 is 27.3. The fraction of sp³-hybridized carbons (Fsp3) is 0.444. The molecule has 14 nitrogen and oxygen atoms in total. The van der Waals surface area contributed by atoms with Crippen molar-refractivity contribution in [2.75, 3.05) is 99.7 Å². The van der Waals surface area contributed by atoms with Crippen molar-refractivity contribution >= 4 is 131 Å². The maximum atomic E-state index is 12.5. The smallest absolute Gasteiger partial charge is 1.00 e. The molecule has 0 saturated carbocycles. The first kappa shape index (κ1) is 90.8. The number of esters is 1. The van der Waals surface area contributed by atoms with Crippen molar-refractivity contribution in [2.24, 2.45) is 0 Å². The molecule has 2 aliphatic heterocycles. The number of halogens is 10. The van der Waals surface area contributed by atoms with Gasteiger partial charge in [-0.1, -0.05) is 224 Å². The first-order chi connectivity index (χ1) is 45.1. The maximum Gasteiger partial charge on any atom is 1.00 e. The average Bonchev–Trinajstić information content (AvgIpc) is 0.850. The number of carboxylic acids is 1. The van der Waals surface area contributed by atoms with Crippen LogP contribution in [0.4, 0.5) is 14.0 Å². The van der Waals surface area contributed by atoms with Crippen molar-refractivity contribution in [3.8, 4) is 0 Å². The molecule has 6 aromatic carbocycles. The van der Waals surface area contributed by atoms with E-state index in [0.717, 1.165) is 121 Å². The number of benzene rings is 6. The number of carboxylic acid groups (broad SMARTS) is 1. The Balaban J connectivity index is 0.000000770. The minimum atomic E-state index is -1.00. The predicted octanol–water partition coefficient (Wildman–Crippen LogP) is 9.18. The molecule has 0 aliphatic carbocycles. The van der Waals surface area contributed by atoms with Crippen LogP contribution in [0.15, 0.2) is 172 Å². The molecule has 0 unspecified atom stereocenters. The molecule has 0 radical (unpaired) electrons. The Labute approximate surface area is 675 Å². The number of ether oxygens (including phenoxy) is 5. The predicted molar refractivity (Wildman–Crippen MR) is 390 cm³/mol. The molecule has 0 atom stereocenters. The molecule has 0 bridgehead atoms. The van der Waals surface area contributed by atoms with Crippen LogP contribution in [0.1, 0.15) is 106 Å². The standard InChI is InChI=1S/C35H43Br3N2O5.C19H21Br2ClNO3.C16H22BrNO2.CH3F.CH4.2BrH.Na/c1-39(24-28-12-3-6-15-31(28)36,25-29-13-4-7-16-32(29)37)22-23-43-35(42)45-27-44-34(41)18-11-21-40(19-9-2-10-20-40)26-30-14-5-8-17-33(30)38;1-23(10-11-25-19(24)26-14-22,12-15-6-2-4-8-17(15)20)13-16-7-3-5-9-18(16)21;17-15-8-3-2-7-14(15)13-18(10-4-1-5-11-18)12-6-9-16(19)20;1-2;;;;/h3-8,12-17H,2,9-11,18-27H2,1H3;2-9H,10-14H2,1H3;2-3,7-8H,1,4-6,9-13H2;1H3;1H4;2*1H;/q+2;+1;;;;;;+1/p-2/i;;;1D;;;;. The number of nitrogens with zero attached hydrogens (tertiary/aromatic N) is 4. The number of carbonyl (C=O) groups excluding carboxylic acids is 4. The summed E-state index contributed by atoms with van der Waals surface area (Å²) in [5.41, 5.74) is 7.36. The fourth-order valence-electron chi connectivity index (χ4n) is 12.0.